The lowest BCUT2D eigenvalue weighted by molar-refractivity contribution is -0.150. The minimum atomic E-state index is -0.0266. The van der Waals surface area contributed by atoms with Crippen LogP contribution in [-0.4, -0.2) is 36.6 Å². The Kier molecular flexibility index (Phi) is 5.69. The highest BCUT2D eigenvalue weighted by atomic mass is 16.5. The van der Waals surface area contributed by atoms with Crippen molar-refractivity contribution in [1.82, 2.24) is 4.90 Å². The van der Waals surface area contributed by atoms with Crippen LogP contribution in [0.2, 0.25) is 0 Å². The Morgan fingerprint density at radius 3 is 2.47 bits per heavy atom. The molecule has 0 unspecified atom stereocenters. The predicted molar refractivity (Wildman–Crippen MR) is 60.8 cm³/mol. The first-order valence-electron chi connectivity index (χ1n) is 6.20. The molecule has 1 aliphatic rings. The Labute approximate surface area is 92.8 Å². The third kappa shape index (κ3) is 3.82. The molecular weight excluding hydrogens is 190 g/mol. The summed E-state index contributed by atoms with van der Waals surface area (Å²) in [6.45, 7) is 6.60. The van der Waals surface area contributed by atoms with Crippen LogP contribution in [0.4, 0.5) is 0 Å². The van der Waals surface area contributed by atoms with Crippen molar-refractivity contribution >= 4 is 5.97 Å². The van der Waals surface area contributed by atoms with Crippen molar-refractivity contribution in [3.05, 3.63) is 0 Å². The van der Waals surface area contributed by atoms with E-state index in [-0.39, 0.29) is 12.0 Å². The number of ether oxygens (including phenoxy) is 1. The molecule has 0 bridgehead atoms. The van der Waals surface area contributed by atoms with Gasteiger partial charge >= 0.3 is 5.97 Å². The molecule has 88 valence electrons. The first kappa shape index (κ1) is 12.5. The van der Waals surface area contributed by atoms with E-state index >= 15 is 0 Å². The maximum Gasteiger partial charge on any atom is 0.323 e. The summed E-state index contributed by atoms with van der Waals surface area (Å²) in [4.78, 5) is 14.1. The lowest BCUT2D eigenvalue weighted by Gasteiger charge is -2.32. The summed E-state index contributed by atoms with van der Waals surface area (Å²) in [5.74, 6) is -0.0266. The topological polar surface area (TPSA) is 29.5 Å². The van der Waals surface area contributed by atoms with Crippen LogP contribution >= 0.6 is 0 Å². The van der Waals surface area contributed by atoms with Crippen LogP contribution in [0, 0.1) is 0 Å². The summed E-state index contributed by atoms with van der Waals surface area (Å²) in [6.07, 6.45) is 5.72. The van der Waals surface area contributed by atoms with Gasteiger partial charge in [-0.3, -0.25) is 9.69 Å². The van der Waals surface area contributed by atoms with E-state index in [2.05, 4.69) is 11.8 Å². The van der Waals surface area contributed by atoms with E-state index in [9.17, 15) is 4.79 Å². The highest BCUT2D eigenvalue weighted by Gasteiger charge is 2.27. The highest BCUT2D eigenvalue weighted by molar-refractivity contribution is 5.75. The summed E-state index contributed by atoms with van der Waals surface area (Å²) >= 11 is 0. The van der Waals surface area contributed by atoms with Gasteiger partial charge in [-0.1, -0.05) is 19.8 Å². The van der Waals surface area contributed by atoms with E-state index in [0.717, 1.165) is 25.9 Å². The molecule has 1 atom stereocenters. The summed E-state index contributed by atoms with van der Waals surface area (Å²) in [5.41, 5.74) is 0. The highest BCUT2D eigenvalue weighted by Crippen LogP contribution is 2.16. The molecule has 0 aromatic carbocycles. The van der Waals surface area contributed by atoms with Crippen LogP contribution in [0.15, 0.2) is 0 Å². The smallest absolute Gasteiger partial charge is 0.323 e. The third-order valence-electron chi connectivity index (χ3n) is 2.95. The molecule has 0 N–H and O–H groups in total. The Bertz CT molecular complexity index is 188. The van der Waals surface area contributed by atoms with Gasteiger partial charge in [0.2, 0.25) is 0 Å². The SMILES string of the molecule is CCC[C@H](C(=O)OCC)N1CCCCC1. The van der Waals surface area contributed by atoms with Gasteiger partial charge in [0.1, 0.15) is 6.04 Å². The zero-order chi connectivity index (χ0) is 11.1. The van der Waals surface area contributed by atoms with Gasteiger partial charge in [0.15, 0.2) is 0 Å². The zero-order valence-electron chi connectivity index (χ0n) is 10.00. The lowest BCUT2D eigenvalue weighted by atomic mass is 10.1. The van der Waals surface area contributed by atoms with Crippen molar-refractivity contribution in [2.75, 3.05) is 19.7 Å². The molecule has 0 radical (unpaired) electrons. The second-order valence-electron chi connectivity index (χ2n) is 4.15. The van der Waals surface area contributed by atoms with Crippen LogP contribution in [0.3, 0.4) is 0 Å². The molecule has 1 aliphatic heterocycles. The normalized spacial score (nSPS) is 19.9. The lowest BCUT2D eigenvalue weighted by Crippen LogP contribution is -2.44. The number of rotatable bonds is 5. The van der Waals surface area contributed by atoms with E-state index < -0.39 is 0 Å². The van der Waals surface area contributed by atoms with Gasteiger partial charge < -0.3 is 4.74 Å². The molecule has 3 nitrogen and oxygen atoms in total. The van der Waals surface area contributed by atoms with Gasteiger partial charge in [0, 0.05) is 0 Å². The molecule has 3 heteroatoms. The van der Waals surface area contributed by atoms with Gasteiger partial charge in [-0.25, -0.2) is 0 Å². The van der Waals surface area contributed by atoms with Crippen molar-refractivity contribution in [3.63, 3.8) is 0 Å². The molecular formula is C12H23NO2. The summed E-state index contributed by atoms with van der Waals surface area (Å²) < 4.78 is 5.13. The van der Waals surface area contributed by atoms with Crippen molar-refractivity contribution in [1.29, 1.82) is 0 Å². The molecule has 1 rings (SSSR count). The van der Waals surface area contributed by atoms with Gasteiger partial charge in [-0.2, -0.15) is 0 Å². The molecule has 0 aromatic rings. The molecule has 0 aromatic heterocycles. The first-order chi connectivity index (χ1) is 7.29. The van der Waals surface area contributed by atoms with Gasteiger partial charge in [0.25, 0.3) is 0 Å². The van der Waals surface area contributed by atoms with E-state index in [1.807, 2.05) is 6.92 Å². The van der Waals surface area contributed by atoms with Gasteiger partial charge in [-0.05, 0) is 39.3 Å². The van der Waals surface area contributed by atoms with Crippen LogP contribution in [0.5, 0.6) is 0 Å². The molecule has 0 amide bonds. The number of hydrogen-bond acceptors (Lipinski definition) is 3. The number of carbonyl (C=O) groups is 1. The minimum absolute atomic E-state index is 0.00949. The molecule has 1 heterocycles. The number of esters is 1. The van der Waals surface area contributed by atoms with Crippen molar-refractivity contribution in [3.8, 4) is 0 Å². The summed E-state index contributed by atoms with van der Waals surface area (Å²) in [7, 11) is 0. The predicted octanol–water partition coefficient (Wildman–Crippen LogP) is 2.20. The molecule has 0 aliphatic carbocycles. The monoisotopic (exact) mass is 213 g/mol. The second-order valence-corrected chi connectivity index (χ2v) is 4.15. The van der Waals surface area contributed by atoms with E-state index in [0.29, 0.717) is 6.61 Å². The average molecular weight is 213 g/mol. The van der Waals surface area contributed by atoms with E-state index in [4.69, 9.17) is 4.74 Å². The Morgan fingerprint density at radius 1 is 1.27 bits per heavy atom. The maximum atomic E-state index is 11.8. The first-order valence-corrected chi connectivity index (χ1v) is 6.20. The van der Waals surface area contributed by atoms with Crippen molar-refractivity contribution in [2.45, 2.75) is 52.0 Å². The van der Waals surface area contributed by atoms with Crippen molar-refractivity contribution < 1.29 is 9.53 Å². The van der Waals surface area contributed by atoms with Gasteiger partial charge in [0.05, 0.1) is 6.61 Å². The van der Waals surface area contributed by atoms with E-state index in [1.54, 1.807) is 0 Å². The summed E-state index contributed by atoms with van der Waals surface area (Å²) in [6, 6.07) is 0.00949. The minimum Gasteiger partial charge on any atom is -0.465 e. The van der Waals surface area contributed by atoms with Crippen LogP contribution in [0.25, 0.3) is 0 Å². The van der Waals surface area contributed by atoms with Crippen LogP contribution in [-0.2, 0) is 9.53 Å². The largest absolute Gasteiger partial charge is 0.465 e. The molecule has 0 saturated carbocycles. The number of carbonyl (C=O) groups excluding carboxylic acids is 1. The number of hydrogen-bond donors (Lipinski definition) is 0. The third-order valence-corrected chi connectivity index (χ3v) is 2.95. The fourth-order valence-electron chi connectivity index (χ4n) is 2.19. The van der Waals surface area contributed by atoms with E-state index in [1.165, 1.54) is 19.3 Å². The van der Waals surface area contributed by atoms with Crippen LogP contribution < -0.4 is 0 Å². The second kappa shape index (κ2) is 6.83. The molecule has 1 saturated heterocycles. The Balaban J connectivity index is 2.50. The quantitative estimate of drug-likeness (QED) is 0.656. The van der Waals surface area contributed by atoms with Crippen LogP contribution in [0.1, 0.15) is 46.0 Å². The number of likely N-dealkylation sites (tertiary alicyclic amines) is 1. The maximum absolute atomic E-state index is 11.8. The zero-order valence-corrected chi connectivity index (χ0v) is 10.00. The molecule has 15 heavy (non-hydrogen) atoms. The fraction of sp³-hybridized carbons (Fsp3) is 0.917. The Hall–Kier alpha value is -0.570. The summed E-state index contributed by atoms with van der Waals surface area (Å²) in [5, 5.41) is 0. The van der Waals surface area contributed by atoms with Gasteiger partial charge in [-0.15, -0.1) is 0 Å². The molecule has 1 fully saturated rings. The fourth-order valence-corrected chi connectivity index (χ4v) is 2.19. The molecule has 0 spiro atoms. The number of nitrogens with zero attached hydrogens (tertiary/aromatic N) is 1. The average Bonchev–Trinajstić information content (AvgIpc) is 2.27. The van der Waals surface area contributed by atoms with Crippen molar-refractivity contribution in [2.24, 2.45) is 0 Å². The standard InChI is InChI=1S/C12H23NO2/c1-3-8-11(12(14)15-4-2)13-9-6-5-7-10-13/h11H,3-10H2,1-2H3/t11-/m1/s1. The Morgan fingerprint density at radius 2 is 1.93 bits per heavy atom. The number of piperidine rings is 1.